The molecule has 1 aromatic carbocycles. The van der Waals surface area contributed by atoms with Crippen LogP contribution in [0.5, 0.6) is 0 Å². The standard InChI is InChI=1S/C12H11NO2S/c1-3-9-6-10-7-11(16(2,14)15)4-5-12(10)13-8-9/h3-8H,1H2,2H3. The molecule has 1 aromatic heterocycles. The van der Waals surface area contributed by atoms with Gasteiger partial charge in [-0.25, -0.2) is 8.42 Å². The van der Waals surface area contributed by atoms with Crippen LogP contribution in [0.4, 0.5) is 0 Å². The Hall–Kier alpha value is -1.68. The average Bonchev–Trinajstić information content (AvgIpc) is 2.26. The molecule has 0 saturated heterocycles. The Morgan fingerprint density at radius 3 is 2.69 bits per heavy atom. The minimum absolute atomic E-state index is 0.308. The normalized spacial score (nSPS) is 11.6. The Bertz CT molecular complexity index is 660. The maximum Gasteiger partial charge on any atom is 0.175 e. The fourth-order valence-electron chi connectivity index (χ4n) is 1.47. The minimum Gasteiger partial charge on any atom is -0.256 e. The summed E-state index contributed by atoms with van der Waals surface area (Å²) in [5.74, 6) is 0. The van der Waals surface area contributed by atoms with Crippen molar-refractivity contribution < 1.29 is 8.42 Å². The summed E-state index contributed by atoms with van der Waals surface area (Å²) in [6.45, 7) is 3.65. The van der Waals surface area contributed by atoms with Crippen molar-refractivity contribution in [1.82, 2.24) is 4.98 Å². The molecule has 0 aliphatic heterocycles. The molecule has 0 N–H and O–H groups in total. The number of hydrogen-bond acceptors (Lipinski definition) is 3. The van der Waals surface area contributed by atoms with Crippen LogP contribution >= 0.6 is 0 Å². The molecule has 0 radical (unpaired) electrons. The first-order chi connectivity index (χ1) is 7.50. The zero-order valence-corrected chi connectivity index (χ0v) is 9.66. The van der Waals surface area contributed by atoms with Gasteiger partial charge in [0.25, 0.3) is 0 Å². The van der Waals surface area contributed by atoms with Gasteiger partial charge in [0.05, 0.1) is 10.4 Å². The number of aromatic nitrogens is 1. The lowest BCUT2D eigenvalue weighted by atomic mass is 10.1. The largest absolute Gasteiger partial charge is 0.256 e. The first kappa shape index (κ1) is 10.8. The molecule has 0 unspecified atom stereocenters. The van der Waals surface area contributed by atoms with E-state index in [2.05, 4.69) is 11.6 Å². The molecule has 2 rings (SSSR count). The van der Waals surface area contributed by atoms with Crippen LogP contribution in [-0.4, -0.2) is 19.7 Å². The molecule has 16 heavy (non-hydrogen) atoms. The highest BCUT2D eigenvalue weighted by atomic mass is 32.2. The van der Waals surface area contributed by atoms with Gasteiger partial charge in [0.1, 0.15) is 0 Å². The van der Waals surface area contributed by atoms with Gasteiger partial charge in [-0.3, -0.25) is 4.98 Å². The van der Waals surface area contributed by atoms with Crippen molar-refractivity contribution in [3.8, 4) is 0 Å². The van der Waals surface area contributed by atoms with Gasteiger partial charge in [-0.2, -0.15) is 0 Å². The van der Waals surface area contributed by atoms with Crippen molar-refractivity contribution in [3.63, 3.8) is 0 Å². The molecular weight excluding hydrogens is 222 g/mol. The molecule has 3 nitrogen and oxygen atoms in total. The summed E-state index contributed by atoms with van der Waals surface area (Å²) >= 11 is 0. The van der Waals surface area contributed by atoms with E-state index in [1.165, 1.54) is 6.26 Å². The highest BCUT2D eigenvalue weighted by Crippen LogP contribution is 2.18. The molecule has 1 heterocycles. The third-order valence-corrected chi connectivity index (χ3v) is 3.45. The molecule has 0 fully saturated rings. The third kappa shape index (κ3) is 1.97. The van der Waals surface area contributed by atoms with Crippen LogP contribution in [0.1, 0.15) is 5.56 Å². The van der Waals surface area contributed by atoms with Gasteiger partial charge >= 0.3 is 0 Å². The zero-order valence-electron chi connectivity index (χ0n) is 8.84. The van der Waals surface area contributed by atoms with Crippen molar-refractivity contribution in [2.24, 2.45) is 0 Å². The molecule has 0 saturated carbocycles. The number of benzene rings is 1. The first-order valence-electron chi connectivity index (χ1n) is 4.73. The second-order valence-electron chi connectivity index (χ2n) is 3.60. The molecule has 0 bridgehead atoms. The summed E-state index contributed by atoms with van der Waals surface area (Å²) in [7, 11) is -3.17. The summed E-state index contributed by atoms with van der Waals surface area (Å²) in [4.78, 5) is 4.52. The zero-order chi connectivity index (χ0) is 11.8. The molecule has 0 amide bonds. The van der Waals surface area contributed by atoms with Gasteiger partial charge in [-0.15, -0.1) is 0 Å². The highest BCUT2D eigenvalue weighted by molar-refractivity contribution is 7.90. The summed E-state index contributed by atoms with van der Waals surface area (Å²) in [5.41, 5.74) is 1.65. The molecular formula is C12H11NO2S. The number of nitrogens with zero attached hydrogens (tertiary/aromatic N) is 1. The van der Waals surface area contributed by atoms with Crippen molar-refractivity contribution in [1.29, 1.82) is 0 Å². The van der Waals surface area contributed by atoms with Crippen molar-refractivity contribution in [2.75, 3.05) is 6.26 Å². The van der Waals surface area contributed by atoms with Gasteiger partial charge in [-0.05, 0) is 29.8 Å². The van der Waals surface area contributed by atoms with Crippen LogP contribution in [0, 0.1) is 0 Å². The van der Waals surface area contributed by atoms with Crippen molar-refractivity contribution in [3.05, 3.63) is 42.6 Å². The van der Waals surface area contributed by atoms with E-state index in [0.29, 0.717) is 4.90 Å². The average molecular weight is 233 g/mol. The smallest absolute Gasteiger partial charge is 0.175 e. The predicted molar refractivity (Wildman–Crippen MR) is 64.9 cm³/mol. The highest BCUT2D eigenvalue weighted by Gasteiger charge is 2.07. The fraction of sp³-hybridized carbons (Fsp3) is 0.0833. The van der Waals surface area contributed by atoms with Crippen LogP contribution in [-0.2, 0) is 9.84 Å². The summed E-state index contributed by atoms with van der Waals surface area (Å²) < 4.78 is 22.8. The summed E-state index contributed by atoms with van der Waals surface area (Å²) in [6, 6.07) is 6.77. The maximum absolute atomic E-state index is 11.4. The lowest BCUT2D eigenvalue weighted by molar-refractivity contribution is 0.602. The Morgan fingerprint density at radius 1 is 1.31 bits per heavy atom. The monoisotopic (exact) mass is 233 g/mol. The van der Waals surface area contributed by atoms with E-state index in [1.54, 1.807) is 30.5 Å². The van der Waals surface area contributed by atoms with E-state index in [9.17, 15) is 8.42 Å². The number of pyridine rings is 1. The number of hydrogen-bond donors (Lipinski definition) is 0. The van der Waals surface area contributed by atoms with E-state index in [1.807, 2.05) is 6.07 Å². The van der Waals surface area contributed by atoms with Gasteiger partial charge in [0, 0.05) is 17.8 Å². The molecule has 4 heteroatoms. The van der Waals surface area contributed by atoms with Crippen LogP contribution in [0.2, 0.25) is 0 Å². The van der Waals surface area contributed by atoms with Crippen molar-refractivity contribution >= 4 is 26.8 Å². The summed E-state index contributed by atoms with van der Waals surface area (Å²) in [5, 5.41) is 0.806. The van der Waals surface area contributed by atoms with E-state index in [-0.39, 0.29) is 0 Å². The predicted octanol–water partition coefficient (Wildman–Crippen LogP) is 2.28. The van der Waals surface area contributed by atoms with Gasteiger partial charge in [0.2, 0.25) is 0 Å². The number of fused-ring (bicyclic) bond motifs is 1. The van der Waals surface area contributed by atoms with Gasteiger partial charge in [0.15, 0.2) is 9.84 Å². The molecule has 0 aliphatic carbocycles. The van der Waals surface area contributed by atoms with Gasteiger partial charge in [-0.1, -0.05) is 12.7 Å². The van der Waals surface area contributed by atoms with E-state index < -0.39 is 9.84 Å². The quantitative estimate of drug-likeness (QED) is 0.799. The topological polar surface area (TPSA) is 47.0 Å². The lowest BCUT2D eigenvalue weighted by Crippen LogP contribution is -1.96. The van der Waals surface area contributed by atoms with Crippen LogP contribution in [0.15, 0.2) is 41.9 Å². The SMILES string of the molecule is C=Cc1cnc2ccc(S(C)(=O)=O)cc2c1. The Labute approximate surface area is 94.4 Å². The molecule has 2 aromatic rings. The maximum atomic E-state index is 11.4. The molecule has 0 aliphatic rings. The molecule has 0 spiro atoms. The van der Waals surface area contributed by atoms with Crippen LogP contribution in [0.25, 0.3) is 17.0 Å². The minimum atomic E-state index is -3.17. The van der Waals surface area contributed by atoms with E-state index >= 15 is 0 Å². The van der Waals surface area contributed by atoms with Gasteiger partial charge < -0.3 is 0 Å². The van der Waals surface area contributed by atoms with E-state index in [4.69, 9.17) is 0 Å². The molecule has 0 atom stereocenters. The number of rotatable bonds is 2. The second kappa shape index (κ2) is 3.72. The van der Waals surface area contributed by atoms with Crippen LogP contribution < -0.4 is 0 Å². The lowest BCUT2D eigenvalue weighted by Gasteiger charge is -2.02. The summed E-state index contributed by atoms with van der Waals surface area (Å²) in [6.07, 6.45) is 4.58. The van der Waals surface area contributed by atoms with E-state index in [0.717, 1.165) is 16.5 Å². The second-order valence-corrected chi connectivity index (χ2v) is 5.62. The fourth-order valence-corrected chi connectivity index (χ4v) is 2.13. The van der Waals surface area contributed by atoms with Crippen LogP contribution in [0.3, 0.4) is 0 Å². The number of sulfone groups is 1. The Morgan fingerprint density at radius 2 is 2.06 bits per heavy atom. The first-order valence-corrected chi connectivity index (χ1v) is 6.62. The Kier molecular flexibility index (Phi) is 2.52. The van der Waals surface area contributed by atoms with Crippen molar-refractivity contribution in [2.45, 2.75) is 4.90 Å². The third-order valence-electron chi connectivity index (χ3n) is 2.34. The molecule has 82 valence electrons. The Balaban J connectivity index is 2.73.